The molecule has 0 aromatic heterocycles. The standard InChI is InChI=1S/C18H20BrNO5S2/c1-4-20-17(22)15(27-18(20)26)8-11-7-13(23-5-2)14(9-12(11)19)25-10-16(21)24-6-3/h7-9H,4-6,10H2,1-3H3. The quantitative estimate of drug-likeness (QED) is 0.321. The smallest absolute Gasteiger partial charge is 0.344 e. The third-order valence-corrected chi connectivity index (χ3v) is 5.55. The van der Waals surface area contributed by atoms with Crippen molar-refractivity contribution in [2.75, 3.05) is 26.4 Å². The SMILES string of the molecule is CCOC(=O)COc1cc(Br)c(C=C2SC(=S)N(CC)C2=O)cc1OCC. The van der Waals surface area contributed by atoms with E-state index in [1.165, 1.54) is 11.8 Å². The molecule has 1 saturated heterocycles. The van der Waals surface area contributed by atoms with Crippen LogP contribution in [0.15, 0.2) is 21.5 Å². The number of benzene rings is 1. The van der Waals surface area contributed by atoms with Gasteiger partial charge in [-0.1, -0.05) is 39.9 Å². The summed E-state index contributed by atoms with van der Waals surface area (Å²) >= 11 is 9.99. The van der Waals surface area contributed by atoms with Gasteiger partial charge in [-0.25, -0.2) is 4.79 Å². The monoisotopic (exact) mass is 473 g/mol. The highest BCUT2D eigenvalue weighted by Gasteiger charge is 2.30. The molecule has 2 rings (SSSR count). The largest absolute Gasteiger partial charge is 0.490 e. The summed E-state index contributed by atoms with van der Waals surface area (Å²) in [5.74, 6) is 0.320. The Morgan fingerprint density at radius 1 is 1.22 bits per heavy atom. The van der Waals surface area contributed by atoms with Crippen LogP contribution in [0.2, 0.25) is 0 Å². The molecule has 1 heterocycles. The number of thioether (sulfide) groups is 1. The Morgan fingerprint density at radius 2 is 1.93 bits per heavy atom. The maximum absolute atomic E-state index is 12.4. The Morgan fingerprint density at radius 3 is 2.52 bits per heavy atom. The van der Waals surface area contributed by atoms with Crippen LogP contribution in [0.1, 0.15) is 26.3 Å². The van der Waals surface area contributed by atoms with Crippen LogP contribution in [0, 0.1) is 0 Å². The average molecular weight is 474 g/mol. The highest BCUT2D eigenvalue weighted by molar-refractivity contribution is 9.10. The zero-order valence-electron chi connectivity index (χ0n) is 15.2. The van der Waals surface area contributed by atoms with Crippen LogP contribution in [0.25, 0.3) is 6.08 Å². The Bertz CT molecular complexity index is 781. The maximum Gasteiger partial charge on any atom is 0.344 e. The van der Waals surface area contributed by atoms with Crippen molar-refractivity contribution in [3.05, 3.63) is 27.1 Å². The highest BCUT2D eigenvalue weighted by atomic mass is 79.9. The molecule has 0 N–H and O–H groups in total. The van der Waals surface area contributed by atoms with Gasteiger partial charge in [0.15, 0.2) is 18.1 Å². The first-order valence-corrected chi connectivity index (χ1v) is 10.4. The number of carbonyl (C=O) groups excluding carboxylic acids is 2. The Kier molecular flexibility index (Phi) is 8.12. The molecule has 0 radical (unpaired) electrons. The molecule has 0 bridgehead atoms. The van der Waals surface area contributed by atoms with E-state index in [-0.39, 0.29) is 12.5 Å². The number of hydrogen-bond donors (Lipinski definition) is 0. The number of rotatable bonds is 8. The second kappa shape index (κ2) is 10.1. The molecular formula is C18H20BrNO5S2. The lowest BCUT2D eigenvalue weighted by atomic mass is 10.2. The molecule has 0 spiro atoms. The fourth-order valence-electron chi connectivity index (χ4n) is 2.30. The molecule has 0 atom stereocenters. The summed E-state index contributed by atoms with van der Waals surface area (Å²) in [5.41, 5.74) is 0.749. The van der Waals surface area contributed by atoms with Crippen molar-refractivity contribution < 1.29 is 23.8 Å². The van der Waals surface area contributed by atoms with Crippen molar-refractivity contribution in [2.45, 2.75) is 20.8 Å². The molecule has 1 aromatic rings. The van der Waals surface area contributed by atoms with Gasteiger partial charge in [0.05, 0.1) is 18.1 Å². The van der Waals surface area contributed by atoms with Crippen LogP contribution in [0.4, 0.5) is 0 Å². The second-order valence-corrected chi connectivity index (χ2v) is 7.80. The third-order valence-electron chi connectivity index (χ3n) is 3.49. The fourth-order valence-corrected chi connectivity index (χ4v) is 4.11. The molecule has 27 heavy (non-hydrogen) atoms. The van der Waals surface area contributed by atoms with Gasteiger partial charge in [0.1, 0.15) is 4.32 Å². The van der Waals surface area contributed by atoms with Crippen LogP contribution < -0.4 is 9.47 Å². The predicted molar refractivity (Wildman–Crippen MR) is 113 cm³/mol. The molecule has 6 nitrogen and oxygen atoms in total. The summed E-state index contributed by atoms with van der Waals surface area (Å²) in [5, 5.41) is 0. The van der Waals surface area contributed by atoms with Gasteiger partial charge in [0.2, 0.25) is 0 Å². The van der Waals surface area contributed by atoms with E-state index in [0.29, 0.717) is 45.0 Å². The van der Waals surface area contributed by atoms with Crippen molar-refractivity contribution >= 4 is 62.2 Å². The van der Waals surface area contributed by atoms with E-state index in [1.807, 2.05) is 13.8 Å². The van der Waals surface area contributed by atoms with Crippen molar-refractivity contribution in [3.8, 4) is 11.5 Å². The van der Waals surface area contributed by atoms with E-state index >= 15 is 0 Å². The number of esters is 1. The summed E-state index contributed by atoms with van der Waals surface area (Å²) < 4.78 is 17.3. The van der Waals surface area contributed by atoms with Gasteiger partial charge < -0.3 is 14.2 Å². The van der Waals surface area contributed by atoms with E-state index in [0.717, 1.165) is 5.56 Å². The molecule has 9 heteroatoms. The Hall–Kier alpha value is -1.58. The van der Waals surface area contributed by atoms with Crippen LogP contribution in [-0.2, 0) is 14.3 Å². The number of amides is 1. The van der Waals surface area contributed by atoms with E-state index in [1.54, 1.807) is 30.0 Å². The minimum Gasteiger partial charge on any atom is -0.490 e. The first-order chi connectivity index (χ1) is 12.9. The Labute approximate surface area is 176 Å². The van der Waals surface area contributed by atoms with Crippen LogP contribution >= 0.6 is 39.9 Å². The minimum atomic E-state index is -0.455. The summed E-state index contributed by atoms with van der Waals surface area (Å²) in [6.07, 6.45) is 1.76. The second-order valence-electron chi connectivity index (χ2n) is 5.27. The first kappa shape index (κ1) is 21.7. The summed E-state index contributed by atoms with van der Waals surface area (Å²) in [6.45, 7) is 6.50. The van der Waals surface area contributed by atoms with Gasteiger partial charge in [-0.05, 0) is 44.5 Å². The van der Waals surface area contributed by atoms with Crippen molar-refractivity contribution in [2.24, 2.45) is 0 Å². The molecule has 1 amide bonds. The summed E-state index contributed by atoms with van der Waals surface area (Å²) in [4.78, 5) is 26.0. The van der Waals surface area contributed by atoms with Gasteiger partial charge in [0, 0.05) is 11.0 Å². The first-order valence-electron chi connectivity index (χ1n) is 8.41. The number of likely N-dealkylation sites (N-methyl/N-ethyl adjacent to an activating group) is 1. The number of nitrogens with zero attached hydrogens (tertiary/aromatic N) is 1. The average Bonchev–Trinajstić information content (AvgIpc) is 2.89. The highest BCUT2D eigenvalue weighted by Crippen LogP contribution is 2.38. The van der Waals surface area contributed by atoms with Gasteiger partial charge in [0.25, 0.3) is 5.91 Å². The lowest BCUT2D eigenvalue weighted by Gasteiger charge is -2.14. The number of halogens is 1. The van der Waals surface area contributed by atoms with E-state index < -0.39 is 5.97 Å². The molecule has 1 aromatic carbocycles. The molecule has 1 fully saturated rings. The Balaban J connectivity index is 2.29. The summed E-state index contributed by atoms with van der Waals surface area (Å²) in [7, 11) is 0. The van der Waals surface area contributed by atoms with Gasteiger partial charge >= 0.3 is 5.97 Å². The van der Waals surface area contributed by atoms with Crippen molar-refractivity contribution in [1.82, 2.24) is 4.90 Å². The van der Waals surface area contributed by atoms with Crippen molar-refractivity contribution in [3.63, 3.8) is 0 Å². The number of carbonyl (C=O) groups is 2. The van der Waals surface area contributed by atoms with E-state index in [9.17, 15) is 9.59 Å². The molecular weight excluding hydrogens is 454 g/mol. The molecule has 0 aliphatic carbocycles. The fraction of sp³-hybridized carbons (Fsp3) is 0.389. The van der Waals surface area contributed by atoms with Gasteiger partial charge in [-0.15, -0.1) is 0 Å². The molecule has 1 aliphatic heterocycles. The predicted octanol–water partition coefficient (Wildman–Crippen LogP) is 4.01. The normalized spacial score (nSPS) is 15.4. The lowest BCUT2D eigenvalue weighted by Crippen LogP contribution is -2.27. The maximum atomic E-state index is 12.4. The van der Waals surface area contributed by atoms with Crippen molar-refractivity contribution in [1.29, 1.82) is 0 Å². The number of hydrogen-bond acceptors (Lipinski definition) is 7. The molecule has 1 aliphatic rings. The van der Waals surface area contributed by atoms with Crippen LogP contribution in [-0.4, -0.2) is 47.5 Å². The molecule has 146 valence electrons. The van der Waals surface area contributed by atoms with Crippen LogP contribution in [0.3, 0.4) is 0 Å². The number of thiocarbonyl (C=S) groups is 1. The zero-order valence-corrected chi connectivity index (χ0v) is 18.5. The molecule has 0 saturated carbocycles. The zero-order chi connectivity index (χ0) is 20.0. The minimum absolute atomic E-state index is 0.111. The molecule has 0 unspecified atom stereocenters. The topological polar surface area (TPSA) is 65.1 Å². The summed E-state index contributed by atoms with van der Waals surface area (Å²) in [6, 6.07) is 3.46. The van der Waals surface area contributed by atoms with E-state index in [4.69, 9.17) is 26.4 Å². The third kappa shape index (κ3) is 5.46. The van der Waals surface area contributed by atoms with E-state index in [2.05, 4.69) is 15.9 Å². The van der Waals surface area contributed by atoms with Gasteiger partial charge in [-0.2, -0.15) is 0 Å². The van der Waals surface area contributed by atoms with Gasteiger partial charge in [-0.3, -0.25) is 9.69 Å². The number of ether oxygens (including phenoxy) is 3. The lowest BCUT2D eigenvalue weighted by molar-refractivity contribution is -0.145. The van der Waals surface area contributed by atoms with Crippen LogP contribution in [0.5, 0.6) is 11.5 Å².